The van der Waals surface area contributed by atoms with Crippen LogP contribution in [0.2, 0.25) is 0 Å². The molecule has 2 aromatic heterocycles. The van der Waals surface area contributed by atoms with Crippen molar-refractivity contribution in [2.24, 2.45) is 9.98 Å². The molecule has 5 rings (SSSR count). The Bertz CT molecular complexity index is 1600. The molecule has 5 aromatic rings. The van der Waals surface area contributed by atoms with Crippen LogP contribution in [0.1, 0.15) is 39.2 Å². The molecule has 0 aliphatic rings. The maximum absolute atomic E-state index is 10.8. The predicted molar refractivity (Wildman–Crippen MR) is 166 cm³/mol. The van der Waals surface area contributed by atoms with Gasteiger partial charge in [0.1, 0.15) is 5.75 Å². The van der Waals surface area contributed by atoms with Crippen molar-refractivity contribution in [3.05, 3.63) is 124 Å². The van der Waals surface area contributed by atoms with E-state index >= 15 is 0 Å². The zero-order chi connectivity index (χ0) is 28.2. The Kier molecular flexibility index (Phi) is 20.3. The fourth-order valence-corrected chi connectivity index (χ4v) is 5.09. The Balaban J connectivity index is 0. The largest absolute Gasteiger partial charge is 2.00 e. The summed E-state index contributed by atoms with van der Waals surface area (Å²) in [6.45, 7) is 10.4. The van der Waals surface area contributed by atoms with Crippen molar-refractivity contribution in [3.8, 4) is 28.0 Å². The van der Waals surface area contributed by atoms with E-state index in [0.29, 0.717) is 0 Å². The minimum Gasteiger partial charge on any atom is -1.00 e. The number of aromatic hydroxyl groups is 1. The van der Waals surface area contributed by atoms with Gasteiger partial charge >= 0.3 is 34.1 Å². The summed E-state index contributed by atoms with van der Waals surface area (Å²) in [6.07, 6.45) is 7.11. The van der Waals surface area contributed by atoms with Crippen LogP contribution in [0.5, 0.6) is 5.75 Å². The van der Waals surface area contributed by atoms with E-state index in [1.165, 1.54) is 0 Å². The molecule has 0 unspecified atom stereocenters. The molecule has 248 valence electrons. The summed E-state index contributed by atoms with van der Waals surface area (Å²) in [4.78, 5) is 18.1. The molecule has 0 aliphatic carbocycles. The number of halogens is 4. The van der Waals surface area contributed by atoms with Crippen molar-refractivity contribution >= 4 is 23.8 Å². The maximum atomic E-state index is 10.8. The molecule has 0 amide bonds. The number of aryl methyl sites for hydroxylation is 4. The molecule has 46 heavy (non-hydrogen) atoms. The SMILES string of the molecule is Cc1cc(-c2cc(O)cc(-c3cc(C)c(N=Cc4ccccn4)c(C)c3)c2C)cc(C)c1N=Cc1ccccn1.[Cl-].[Cl-].[Cl-].[Cl-].[Cu+2].[Cu+2]. The number of nitrogens with zero attached hydrogens (tertiary/aromatic N) is 4. The number of hydrogen-bond donors (Lipinski definition) is 1. The van der Waals surface area contributed by atoms with E-state index in [1.54, 1.807) is 24.8 Å². The summed E-state index contributed by atoms with van der Waals surface area (Å²) >= 11 is 0. The van der Waals surface area contributed by atoms with E-state index in [0.717, 1.165) is 72.8 Å². The fourth-order valence-electron chi connectivity index (χ4n) is 5.09. The number of phenols is 1. The molecule has 0 spiro atoms. The van der Waals surface area contributed by atoms with Crippen LogP contribution in [0.25, 0.3) is 22.3 Å². The van der Waals surface area contributed by atoms with Gasteiger partial charge in [0.25, 0.3) is 0 Å². The Labute approximate surface area is 317 Å². The van der Waals surface area contributed by atoms with Crippen LogP contribution in [-0.2, 0) is 34.1 Å². The summed E-state index contributed by atoms with van der Waals surface area (Å²) in [5.74, 6) is 0.232. The number of aromatic nitrogens is 2. The minimum absolute atomic E-state index is 0. The molecule has 11 heteroatoms. The molecule has 2 radical (unpaired) electrons. The summed E-state index contributed by atoms with van der Waals surface area (Å²) < 4.78 is 0. The number of hydrogen-bond acceptors (Lipinski definition) is 5. The van der Waals surface area contributed by atoms with E-state index in [2.05, 4.69) is 68.9 Å². The monoisotopic (exact) mass is 790 g/mol. The number of pyridine rings is 2. The first-order valence-corrected chi connectivity index (χ1v) is 13.3. The molecule has 2 heterocycles. The molecule has 0 saturated carbocycles. The van der Waals surface area contributed by atoms with Gasteiger partial charge in [0, 0.05) is 12.4 Å². The summed E-state index contributed by atoms with van der Waals surface area (Å²) in [5, 5.41) is 10.8. The summed E-state index contributed by atoms with van der Waals surface area (Å²) in [7, 11) is 0. The zero-order valence-electron chi connectivity index (χ0n) is 25.6. The number of aliphatic imine (C=N–C) groups is 2. The first-order chi connectivity index (χ1) is 19.3. The first kappa shape index (κ1) is 45.4. The van der Waals surface area contributed by atoms with E-state index in [-0.39, 0.29) is 89.5 Å². The van der Waals surface area contributed by atoms with Crippen molar-refractivity contribution in [2.45, 2.75) is 34.6 Å². The molecule has 0 fully saturated rings. The van der Waals surface area contributed by atoms with Crippen molar-refractivity contribution in [1.82, 2.24) is 9.97 Å². The smallest absolute Gasteiger partial charge is 1.00 e. The molecule has 1 N–H and O–H groups in total. The second kappa shape index (κ2) is 20.5. The topological polar surface area (TPSA) is 70.7 Å². The van der Waals surface area contributed by atoms with Crippen LogP contribution < -0.4 is 49.6 Å². The van der Waals surface area contributed by atoms with Crippen molar-refractivity contribution in [3.63, 3.8) is 0 Å². The average molecular weight is 794 g/mol. The van der Waals surface area contributed by atoms with Crippen molar-refractivity contribution in [2.75, 3.05) is 0 Å². The van der Waals surface area contributed by atoms with Crippen LogP contribution >= 0.6 is 0 Å². The van der Waals surface area contributed by atoms with Crippen LogP contribution in [0.15, 0.2) is 95.2 Å². The molecule has 3 aromatic carbocycles. The van der Waals surface area contributed by atoms with Crippen LogP contribution in [0.3, 0.4) is 0 Å². The molecular formula is C35H32Cl4Cu2N4O. The van der Waals surface area contributed by atoms with E-state index in [9.17, 15) is 5.11 Å². The molecule has 0 aliphatic heterocycles. The normalized spacial score (nSPS) is 10.0. The third-order valence-corrected chi connectivity index (χ3v) is 7.02. The third-order valence-electron chi connectivity index (χ3n) is 7.02. The number of phenolic OH excluding ortho intramolecular Hbond substituents is 1. The summed E-state index contributed by atoms with van der Waals surface area (Å²) in [5.41, 5.74) is 12.9. The van der Waals surface area contributed by atoms with Gasteiger partial charge in [0.15, 0.2) is 0 Å². The quantitative estimate of drug-likeness (QED) is 0.144. The van der Waals surface area contributed by atoms with Crippen LogP contribution in [0.4, 0.5) is 11.4 Å². The van der Waals surface area contributed by atoms with Gasteiger partial charge in [-0.15, -0.1) is 0 Å². The van der Waals surface area contributed by atoms with Gasteiger partial charge in [-0.25, -0.2) is 0 Å². The van der Waals surface area contributed by atoms with E-state index < -0.39 is 0 Å². The minimum atomic E-state index is 0. The van der Waals surface area contributed by atoms with Gasteiger partial charge in [-0.05, 0) is 145 Å². The van der Waals surface area contributed by atoms with Gasteiger partial charge in [-0.3, -0.25) is 20.0 Å². The van der Waals surface area contributed by atoms with E-state index in [4.69, 9.17) is 9.98 Å². The maximum Gasteiger partial charge on any atom is 2.00 e. The molecule has 0 saturated heterocycles. The summed E-state index contributed by atoms with van der Waals surface area (Å²) in [6, 6.07) is 23.8. The Hall–Kier alpha value is -2.70. The fraction of sp³-hybridized carbons (Fsp3) is 0.143. The third kappa shape index (κ3) is 10.7. The van der Waals surface area contributed by atoms with Gasteiger partial charge in [0.05, 0.1) is 35.2 Å². The molecular weight excluding hydrogens is 761 g/mol. The second-order valence-electron chi connectivity index (χ2n) is 10.1. The first-order valence-electron chi connectivity index (χ1n) is 13.3. The Morgan fingerprint density at radius 3 is 1.20 bits per heavy atom. The predicted octanol–water partition coefficient (Wildman–Crippen LogP) is -3.43. The molecule has 0 atom stereocenters. The Morgan fingerprint density at radius 1 is 0.543 bits per heavy atom. The molecule has 0 bridgehead atoms. The van der Waals surface area contributed by atoms with Gasteiger partial charge in [-0.2, -0.15) is 0 Å². The standard InChI is InChI=1S/C35H32N4O.4ClH.2Cu/c1-22-14-27(15-23(2)34(22)38-20-29-10-6-8-12-36-29)32-18-31(40)19-33(26(32)5)28-16-24(3)35(25(4)17-28)39-21-30-11-7-9-13-37-30;;;;;;/h6-21,40H,1-5H3;4*1H;;/q;;;;;2*+2/p-4. The Morgan fingerprint density at radius 2 is 0.891 bits per heavy atom. The van der Waals surface area contributed by atoms with Gasteiger partial charge in [-0.1, -0.05) is 12.1 Å². The molecule has 5 nitrogen and oxygen atoms in total. The number of rotatable bonds is 6. The van der Waals surface area contributed by atoms with E-state index in [1.807, 2.05) is 48.5 Å². The van der Waals surface area contributed by atoms with Crippen molar-refractivity contribution in [1.29, 1.82) is 0 Å². The van der Waals surface area contributed by atoms with Crippen LogP contribution in [-0.4, -0.2) is 27.5 Å². The van der Waals surface area contributed by atoms with Gasteiger partial charge in [0.2, 0.25) is 0 Å². The zero-order valence-corrected chi connectivity index (χ0v) is 30.5. The second-order valence-corrected chi connectivity index (χ2v) is 10.1. The van der Waals surface area contributed by atoms with Crippen molar-refractivity contribution < 1.29 is 88.9 Å². The van der Waals surface area contributed by atoms with Gasteiger partial charge < -0.3 is 54.7 Å². The van der Waals surface area contributed by atoms with Crippen LogP contribution in [0, 0.1) is 34.6 Å². The number of benzene rings is 3. The average Bonchev–Trinajstić information content (AvgIpc) is 2.94.